The molecule has 1 spiro atoms. The maximum Gasteiger partial charge on any atom is 0.164 e. The van der Waals surface area contributed by atoms with Gasteiger partial charge >= 0.3 is 0 Å². The normalized spacial score (nSPS) is 13.4. The van der Waals surface area contributed by atoms with Crippen LogP contribution in [0.25, 0.3) is 120 Å². The summed E-state index contributed by atoms with van der Waals surface area (Å²) in [5.41, 5.74) is 15.4. The van der Waals surface area contributed by atoms with Crippen LogP contribution in [0.15, 0.2) is 197 Å². The van der Waals surface area contributed by atoms with Crippen molar-refractivity contribution in [2.24, 2.45) is 0 Å². The summed E-state index contributed by atoms with van der Waals surface area (Å²) in [5, 5.41) is 6.84. The molecule has 0 saturated heterocycles. The van der Waals surface area contributed by atoms with Crippen LogP contribution in [-0.4, -0.2) is 15.0 Å². The van der Waals surface area contributed by atoms with E-state index in [1.807, 2.05) is 24.3 Å². The largest absolute Gasteiger partial charge is 0.456 e. The molecule has 0 fully saturated rings. The number of thiophene rings is 1. The first-order valence-electron chi connectivity index (χ1n) is 21.6. The number of aromatic nitrogens is 3. The Morgan fingerprint density at radius 3 is 1.77 bits per heavy atom. The molecule has 0 unspecified atom stereocenters. The van der Waals surface area contributed by atoms with Crippen molar-refractivity contribution in [1.82, 2.24) is 15.0 Å². The lowest BCUT2D eigenvalue weighted by Crippen LogP contribution is -2.26. The fourth-order valence-electron chi connectivity index (χ4n) is 11.1. The van der Waals surface area contributed by atoms with Crippen molar-refractivity contribution in [2.75, 3.05) is 0 Å². The molecule has 0 amide bonds. The SMILES string of the molecule is c1ccc(-c2nc(-c3ccc4c(c3)sc3ccccc34)nc(-c3ccc4oc5ccc6c(c5c4c3)C3(c4ccccc4-c4ccccc43)c3cc4oc5ccccc5c4cc3-6)n2)cc1. The van der Waals surface area contributed by atoms with Gasteiger partial charge in [0.15, 0.2) is 17.5 Å². The Kier molecular flexibility index (Phi) is 6.70. The van der Waals surface area contributed by atoms with Gasteiger partial charge in [-0.05, 0) is 99.1 Å². The van der Waals surface area contributed by atoms with Crippen LogP contribution in [0.3, 0.4) is 0 Å². The number of hydrogen-bond acceptors (Lipinski definition) is 6. The summed E-state index contributed by atoms with van der Waals surface area (Å²) < 4.78 is 16.0. The van der Waals surface area contributed by atoms with E-state index in [1.165, 1.54) is 64.7 Å². The summed E-state index contributed by atoms with van der Waals surface area (Å²) in [4.78, 5) is 15.6. The second-order valence-corrected chi connectivity index (χ2v) is 18.1. The molecule has 6 heteroatoms. The molecule has 15 rings (SSSR count). The van der Waals surface area contributed by atoms with Crippen LogP contribution in [0, 0.1) is 0 Å². The maximum absolute atomic E-state index is 6.85. The van der Waals surface area contributed by atoms with Crippen LogP contribution < -0.4 is 0 Å². The predicted molar refractivity (Wildman–Crippen MR) is 260 cm³/mol. The molecule has 4 aromatic heterocycles. The van der Waals surface area contributed by atoms with Gasteiger partial charge in [-0.25, -0.2) is 15.0 Å². The van der Waals surface area contributed by atoms with E-state index in [1.54, 1.807) is 11.3 Å². The zero-order chi connectivity index (χ0) is 41.7. The number of nitrogens with zero attached hydrogens (tertiary/aromatic N) is 3. The van der Waals surface area contributed by atoms with Gasteiger partial charge in [-0.1, -0.05) is 133 Å². The van der Waals surface area contributed by atoms with Gasteiger partial charge in [0.05, 0.1) is 5.41 Å². The van der Waals surface area contributed by atoms with Crippen molar-refractivity contribution in [3.8, 4) is 56.4 Å². The number of rotatable bonds is 3. The summed E-state index contributed by atoms with van der Waals surface area (Å²) in [6, 6.07) is 67.0. The number of benzene rings is 9. The lowest BCUT2D eigenvalue weighted by Gasteiger charge is -2.31. The van der Waals surface area contributed by atoms with Gasteiger partial charge in [0.1, 0.15) is 22.3 Å². The first-order chi connectivity index (χ1) is 31.7. The van der Waals surface area contributed by atoms with E-state index in [2.05, 4.69) is 164 Å². The number of furan rings is 2. The highest BCUT2D eigenvalue weighted by atomic mass is 32.1. The van der Waals surface area contributed by atoms with E-state index in [9.17, 15) is 0 Å². The first-order valence-corrected chi connectivity index (χ1v) is 22.4. The fourth-order valence-corrected chi connectivity index (χ4v) is 12.2. The van der Waals surface area contributed by atoms with Gasteiger partial charge in [-0.15, -0.1) is 11.3 Å². The van der Waals surface area contributed by atoms with Gasteiger partial charge < -0.3 is 8.83 Å². The summed E-state index contributed by atoms with van der Waals surface area (Å²) in [5.74, 6) is 1.86. The van der Waals surface area contributed by atoms with Crippen LogP contribution in [0.5, 0.6) is 0 Å². The monoisotopic (exact) mass is 833 g/mol. The maximum atomic E-state index is 6.85. The molecule has 13 aromatic rings. The smallest absolute Gasteiger partial charge is 0.164 e. The van der Waals surface area contributed by atoms with E-state index >= 15 is 0 Å². The molecule has 2 aliphatic carbocycles. The van der Waals surface area contributed by atoms with Crippen molar-refractivity contribution in [3.63, 3.8) is 0 Å². The highest BCUT2D eigenvalue weighted by Crippen LogP contribution is 2.65. The highest BCUT2D eigenvalue weighted by Gasteiger charge is 2.53. The van der Waals surface area contributed by atoms with E-state index in [4.69, 9.17) is 23.8 Å². The average Bonchev–Trinajstić information content (AvgIpc) is 4.15. The molecule has 2 aliphatic rings. The van der Waals surface area contributed by atoms with E-state index < -0.39 is 5.41 Å². The van der Waals surface area contributed by atoms with Gasteiger partial charge in [0, 0.05) is 58.4 Å². The lowest BCUT2D eigenvalue weighted by atomic mass is 9.69. The Morgan fingerprint density at radius 1 is 0.344 bits per heavy atom. The molecular formula is C58H31N3O2S. The molecule has 0 atom stereocenters. The minimum Gasteiger partial charge on any atom is -0.456 e. The molecule has 296 valence electrons. The van der Waals surface area contributed by atoms with Crippen LogP contribution in [0.1, 0.15) is 22.3 Å². The molecular weight excluding hydrogens is 803 g/mol. The fraction of sp³-hybridized carbons (Fsp3) is 0.0172. The molecule has 0 saturated carbocycles. The summed E-state index contributed by atoms with van der Waals surface area (Å²) in [6.07, 6.45) is 0. The summed E-state index contributed by atoms with van der Waals surface area (Å²) in [7, 11) is 0. The van der Waals surface area contributed by atoms with Crippen LogP contribution in [-0.2, 0) is 5.41 Å². The van der Waals surface area contributed by atoms with Gasteiger partial charge in [-0.2, -0.15) is 0 Å². The predicted octanol–water partition coefficient (Wildman–Crippen LogP) is 15.4. The summed E-state index contributed by atoms with van der Waals surface area (Å²) >= 11 is 1.79. The molecule has 0 aliphatic heterocycles. The standard InChI is InChI=1S/C58H31N3O2S/c1-2-12-32(13-3-1)55-59-56(61-57(60-55)34-22-24-39-38-17-7-11-21-51(38)64-52(39)29-34)33-23-26-48-43(28-33)53-49(62-48)27-25-40-41-30-42-37-16-6-10-20-47(37)63-50(42)31-46(41)58(54(40)53)44-18-8-4-14-35(44)36-15-5-9-19-45(36)58/h1-31H. The van der Waals surface area contributed by atoms with E-state index in [-0.39, 0.29) is 0 Å². The number of fused-ring (bicyclic) bond motifs is 20. The zero-order valence-corrected chi connectivity index (χ0v) is 34.8. The lowest BCUT2D eigenvalue weighted by molar-refractivity contribution is 0.666. The topological polar surface area (TPSA) is 65.0 Å². The molecule has 0 bridgehead atoms. The van der Waals surface area contributed by atoms with Crippen LogP contribution in [0.4, 0.5) is 0 Å². The Bertz CT molecular complexity index is 4110. The molecule has 9 aromatic carbocycles. The molecule has 4 heterocycles. The molecule has 5 nitrogen and oxygen atoms in total. The quantitative estimate of drug-likeness (QED) is 0.177. The summed E-state index contributed by atoms with van der Waals surface area (Å²) in [6.45, 7) is 0. The number of para-hydroxylation sites is 1. The Hall–Kier alpha value is -8.19. The zero-order valence-electron chi connectivity index (χ0n) is 34.0. The van der Waals surface area contributed by atoms with E-state index in [0.717, 1.165) is 60.6 Å². The second kappa shape index (κ2) is 12.5. The van der Waals surface area contributed by atoms with Crippen molar-refractivity contribution >= 4 is 75.4 Å². The van der Waals surface area contributed by atoms with Crippen LogP contribution in [0.2, 0.25) is 0 Å². The third-order valence-electron chi connectivity index (χ3n) is 13.7. The van der Waals surface area contributed by atoms with Gasteiger partial charge in [0.25, 0.3) is 0 Å². The van der Waals surface area contributed by atoms with Crippen molar-refractivity contribution in [1.29, 1.82) is 0 Å². The molecule has 0 N–H and O–H groups in total. The highest BCUT2D eigenvalue weighted by molar-refractivity contribution is 7.25. The molecule has 0 radical (unpaired) electrons. The van der Waals surface area contributed by atoms with Gasteiger partial charge in [0.2, 0.25) is 0 Å². The first kappa shape index (κ1) is 34.4. The minimum absolute atomic E-state index is 0.603. The molecule has 64 heavy (non-hydrogen) atoms. The van der Waals surface area contributed by atoms with Crippen molar-refractivity contribution in [2.45, 2.75) is 5.41 Å². The van der Waals surface area contributed by atoms with Crippen molar-refractivity contribution < 1.29 is 8.83 Å². The Balaban J connectivity index is 1.00. The van der Waals surface area contributed by atoms with Gasteiger partial charge in [-0.3, -0.25) is 0 Å². The third kappa shape index (κ3) is 4.49. The number of hydrogen-bond donors (Lipinski definition) is 0. The van der Waals surface area contributed by atoms with Crippen molar-refractivity contribution in [3.05, 3.63) is 210 Å². The Labute approximate surface area is 369 Å². The third-order valence-corrected chi connectivity index (χ3v) is 14.9. The minimum atomic E-state index is -0.636. The second-order valence-electron chi connectivity index (χ2n) is 17.0. The Morgan fingerprint density at radius 2 is 0.953 bits per heavy atom. The van der Waals surface area contributed by atoms with Crippen LogP contribution >= 0.6 is 11.3 Å². The average molecular weight is 834 g/mol. The van der Waals surface area contributed by atoms with E-state index in [0.29, 0.717) is 17.5 Å².